The lowest BCUT2D eigenvalue weighted by atomic mass is 9.82. The van der Waals surface area contributed by atoms with E-state index in [4.69, 9.17) is 0 Å². The summed E-state index contributed by atoms with van der Waals surface area (Å²) >= 11 is 0. The van der Waals surface area contributed by atoms with Crippen molar-refractivity contribution < 1.29 is 9.47 Å². The molecule has 2 aliphatic rings. The van der Waals surface area contributed by atoms with Crippen LogP contribution in [0.3, 0.4) is 0 Å². The highest BCUT2D eigenvalue weighted by molar-refractivity contribution is 5.09. The molecule has 0 aromatic carbocycles. The predicted molar refractivity (Wildman–Crippen MR) is 90.8 cm³/mol. The summed E-state index contributed by atoms with van der Waals surface area (Å²) in [6.07, 6.45) is 19.1. The van der Waals surface area contributed by atoms with Crippen molar-refractivity contribution in [3.05, 3.63) is 30.1 Å². The molecule has 2 fully saturated rings. The lowest BCUT2D eigenvalue weighted by molar-refractivity contribution is -0.898. The second-order valence-electron chi connectivity index (χ2n) is 7.67. The van der Waals surface area contributed by atoms with Gasteiger partial charge in [0, 0.05) is 25.3 Å². The average Bonchev–Trinajstić information content (AvgIpc) is 2.91. The third-order valence-corrected chi connectivity index (χ3v) is 5.95. The van der Waals surface area contributed by atoms with Gasteiger partial charge in [0.25, 0.3) is 0 Å². The molecule has 0 bridgehead atoms. The molecular formula is C20H34N2+2. The van der Waals surface area contributed by atoms with E-state index < -0.39 is 0 Å². The fourth-order valence-corrected chi connectivity index (χ4v) is 4.21. The maximum Gasteiger partial charge on any atom is 0.177 e. The summed E-state index contributed by atoms with van der Waals surface area (Å²) in [5.41, 5.74) is 1.54. The van der Waals surface area contributed by atoms with Gasteiger partial charge >= 0.3 is 0 Å². The molecule has 1 aliphatic carbocycles. The SMILES string of the molecule is C[NH+]1CCCC1c1ccc[n+](CCCCCCC2CCC2)c1. The molecule has 2 atom stereocenters. The first-order valence-electron chi connectivity index (χ1n) is 9.64. The smallest absolute Gasteiger partial charge is 0.177 e. The van der Waals surface area contributed by atoms with Gasteiger partial charge < -0.3 is 4.90 Å². The lowest BCUT2D eigenvalue weighted by Gasteiger charge is -2.24. The highest BCUT2D eigenvalue weighted by atomic mass is 15.1. The van der Waals surface area contributed by atoms with E-state index in [-0.39, 0.29) is 0 Å². The molecular weight excluding hydrogens is 268 g/mol. The van der Waals surface area contributed by atoms with E-state index in [1.807, 2.05) is 0 Å². The highest BCUT2D eigenvalue weighted by Gasteiger charge is 2.28. The quantitative estimate of drug-likeness (QED) is 0.558. The van der Waals surface area contributed by atoms with E-state index in [1.165, 1.54) is 77.3 Å². The first-order valence-corrected chi connectivity index (χ1v) is 9.64. The molecule has 0 spiro atoms. The standard InChI is InChI=1S/C20H33N2/c1-21-14-8-13-20(21)19-12-7-16-22(17-19)15-5-3-2-4-9-18-10-6-11-18/h7,12,16-18,20H,2-6,8-11,13-15H2,1H3/q+1/p+1. The second kappa shape index (κ2) is 8.10. The third-order valence-electron chi connectivity index (χ3n) is 5.95. The fourth-order valence-electron chi connectivity index (χ4n) is 4.21. The zero-order valence-corrected chi connectivity index (χ0v) is 14.4. The van der Waals surface area contributed by atoms with Gasteiger partial charge in [-0.25, -0.2) is 4.57 Å². The van der Waals surface area contributed by atoms with Crippen molar-refractivity contribution in [3.8, 4) is 0 Å². The number of nitrogens with one attached hydrogen (secondary N) is 1. The summed E-state index contributed by atoms with van der Waals surface area (Å²) in [5.74, 6) is 1.09. The summed E-state index contributed by atoms with van der Waals surface area (Å²) in [4.78, 5) is 1.69. The van der Waals surface area contributed by atoms with E-state index in [1.54, 1.807) is 10.5 Å². The van der Waals surface area contributed by atoms with Crippen LogP contribution >= 0.6 is 0 Å². The summed E-state index contributed by atoms with van der Waals surface area (Å²) in [6.45, 7) is 2.53. The summed E-state index contributed by atoms with van der Waals surface area (Å²) in [7, 11) is 2.34. The van der Waals surface area contributed by atoms with Crippen LogP contribution in [-0.4, -0.2) is 13.6 Å². The van der Waals surface area contributed by atoms with Crippen LogP contribution < -0.4 is 9.47 Å². The molecule has 1 aromatic heterocycles. The molecule has 2 heteroatoms. The molecule has 0 amide bonds. The fraction of sp³-hybridized carbons (Fsp3) is 0.750. The number of rotatable bonds is 8. The minimum absolute atomic E-state index is 0.731. The van der Waals surface area contributed by atoms with Crippen LogP contribution in [0.5, 0.6) is 0 Å². The van der Waals surface area contributed by atoms with E-state index >= 15 is 0 Å². The van der Waals surface area contributed by atoms with Gasteiger partial charge in [0.1, 0.15) is 12.6 Å². The van der Waals surface area contributed by atoms with Crippen molar-refractivity contribution in [1.82, 2.24) is 0 Å². The number of nitrogens with zero attached hydrogens (tertiary/aromatic N) is 1. The zero-order chi connectivity index (χ0) is 15.2. The number of hydrogen-bond acceptors (Lipinski definition) is 0. The molecule has 0 radical (unpaired) electrons. The van der Waals surface area contributed by atoms with Gasteiger partial charge in [-0.2, -0.15) is 0 Å². The van der Waals surface area contributed by atoms with Crippen LogP contribution in [0.1, 0.15) is 75.8 Å². The molecule has 22 heavy (non-hydrogen) atoms. The van der Waals surface area contributed by atoms with Crippen molar-refractivity contribution in [3.63, 3.8) is 0 Å². The number of pyridine rings is 1. The van der Waals surface area contributed by atoms with Crippen molar-refractivity contribution in [2.75, 3.05) is 13.6 Å². The van der Waals surface area contributed by atoms with Crippen LogP contribution in [-0.2, 0) is 6.54 Å². The van der Waals surface area contributed by atoms with Crippen molar-refractivity contribution in [1.29, 1.82) is 0 Å². The lowest BCUT2D eigenvalue weighted by Crippen LogP contribution is -3.07. The third kappa shape index (κ3) is 4.32. The number of hydrogen-bond donors (Lipinski definition) is 1. The van der Waals surface area contributed by atoms with Crippen molar-refractivity contribution >= 4 is 0 Å². The monoisotopic (exact) mass is 302 g/mol. The van der Waals surface area contributed by atoms with Crippen molar-refractivity contribution in [2.24, 2.45) is 5.92 Å². The van der Waals surface area contributed by atoms with Gasteiger partial charge in [-0.3, -0.25) is 0 Å². The molecule has 2 nitrogen and oxygen atoms in total. The Morgan fingerprint density at radius 1 is 1.09 bits per heavy atom. The summed E-state index contributed by atoms with van der Waals surface area (Å²) in [5, 5.41) is 0. The minimum atomic E-state index is 0.731. The van der Waals surface area contributed by atoms with Gasteiger partial charge in [0.05, 0.1) is 19.2 Å². The van der Waals surface area contributed by atoms with Gasteiger partial charge in [0.15, 0.2) is 12.4 Å². The average molecular weight is 303 g/mol. The Labute approximate surface area is 136 Å². The predicted octanol–water partition coefficient (Wildman–Crippen LogP) is 3.07. The Bertz CT molecular complexity index is 453. The van der Waals surface area contributed by atoms with Gasteiger partial charge in [-0.15, -0.1) is 0 Å². The zero-order valence-electron chi connectivity index (χ0n) is 14.4. The maximum atomic E-state index is 2.42. The van der Waals surface area contributed by atoms with E-state index in [0.717, 1.165) is 12.0 Å². The van der Waals surface area contributed by atoms with Crippen LogP contribution in [0, 0.1) is 5.92 Å². The number of unbranched alkanes of at least 4 members (excludes halogenated alkanes) is 3. The molecule has 2 heterocycles. The van der Waals surface area contributed by atoms with Gasteiger partial charge in [-0.1, -0.05) is 38.5 Å². The van der Waals surface area contributed by atoms with Crippen LogP contribution in [0.4, 0.5) is 0 Å². The van der Waals surface area contributed by atoms with Gasteiger partial charge in [0.2, 0.25) is 0 Å². The minimum Gasteiger partial charge on any atom is -0.331 e. The molecule has 1 aromatic rings. The number of likely N-dealkylation sites (tertiary alicyclic amines) is 1. The second-order valence-corrected chi connectivity index (χ2v) is 7.67. The maximum absolute atomic E-state index is 2.42. The Morgan fingerprint density at radius 3 is 2.68 bits per heavy atom. The number of aryl methyl sites for hydroxylation is 1. The summed E-state index contributed by atoms with van der Waals surface area (Å²) in [6, 6.07) is 5.31. The first-order chi connectivity index (χ1) is 10.8. The van der Waals surface area contributed by atoms with E-state index in [9.17, 15) is 0 Å². The van der Waals surface area contributed by atoms with Crippen LogP contribution in [0.2, 0.25) is 0 Å². The molecule has 3 rings (SSSR count). The Balaban J connectivity index is 1.37. The molecule has 1 saturated carbocycles. The normalized spacial score (nSPS) is 25.3. The van der Waals surface area contributed by atoms with E-state index in [2.05, 4.69) is 36.1 Å². The van der Waals surface area contributed by atoms with Gasteiger partial charge in [-0.05, 0) is 18.4 Å². The van der Waals surface area contributed by atoms with Crippen LogP contribution in [0.25, 0.3) is 0 Å². The largest absolute Gasteiger partial charge is 0.331 e. The van der Waals surface area contributed by atoms with Crippen molar-refractivity contribution in [2.45, 2.75) is 76.8 Å². The molecule has 1 saturated heterocycles. The molecule has 1 N–H and O–H groups in total. The molecule has 2 unspecified atom stereocenters. The molecule has 1 aliphatic heterocycles. The number of quaternary nitrogens is 1. The Morgan fingerprint density at radius 2 is 1.95 bits per heavy atom. The van der Waals surface area contributed by atoms with E-state index in [0.29, 0.717) is 0 Å². The molecule has 122 valence electrons. The Hall–Kier alpha value is -0.890. The van der Waals surface area contributed by atoms with Crippen LogP contribution in [0.15, 0.2) is 24.5 Å². The topological polar surface area (TPSA) is 8.32 Å². The summed E-state index contributed by atoms with van der Waals surface area (Å²) < 4.78 is 2.42. The first kappa shape index (κ1) is 16.0. The Kier molecular flexibility index (Phi) is 5.89. The number of aromatic nitrogens is 1. The highest BCUT2D eigenvalue weighted by Crippen LogP contribution is 2.31.